The van der Waals surface area contributed by atoms with Gasteiger partial charge in [-0.3, -0.25) is 4.79 Å². The fourth-order valence-corrected chi connectivity index (χ4v) is 3.54. The smallest absolute Gasteiger partial charge is 0.233 e. The van der Waals surface area contributed by atoms with Crippen molar-refractivity contribution in [2.45, 2.75) is 49.1 Å². The van der Waals surface area contributed by atoms with Crippen LogP contribution in [0, 0.1) is 0 Å². The number of carbonyl (C=O) groups excluding carboxylic acids is 1. The molecule has 1 aromatic heterocycles. The number of thioether (sulfide) groups is 1. The van der Waals surface area contributed by atoms with Gasteiger partial charge >= 0.3 is 0 Å². The fraction of sp³-hybridized carbons (Fsp3) is 0.467. The molecule has 6 nitrogen and oxygen atoms in total. The van der Waals surface area contributed by atoms with Crippen LogP contribution in [-0.2, 0) is 4.79 Å². The summed E-state index contributed by atoms with van der Waals surface area (Å²) in [6.45, 7) is 1.87. The van der Waals surface area contributed by atoms with E-state index in [1.165, 1.54) is 24.6 Å². The molecule has 122 valence electrons. The number of rotatable bonds is 5. The highest BCUT2D eigenvalue weighted by molar-refractivity contribution is 8.00. The van der Waals surface area contributed by atoms with Gasteiger partial charge in [-0.05, 0) is 54.5 Å². The molecule has 0 bridgehead atoms. The lowest BCUT2D eigenvalue weighted by Crippen LogP contribution is -2.37. The summed E-state index contributed by atoms with van der Waals surface area (Å²) >= 11 is 7.25. The SMILES string of the molecule is C[C@@H](Sc1nnnn1-c1ccc(Cl)cc1)C(=O)NC1CCCC1. The van der Waals surface area contributed by atoms with Crippen LogP contribution in [0.5, 0.6) is 0 Å². The number of amides is 1. The molecule has 1 amide bonds. The third-order valence-corrected chi connectivity index (χ3v) is 5.15. The Morgan fingerprint density at radius 1 is 1.35 bits per heavy atom. The van der Waals surface area contributed by atoms with Gasteiger partial charge in [-0.2, -0.15) is 4.68 Å². The summed E-state index contributed by atoms with van der Waals surface area (Å²) in [4.78, 5) is 12.3. The molecule has 1 heterocycles. The second-order valence-corrected chi connectivity index (χ2v) is 7.34. The van der Waals surface area contributed by atoms with Gasteiger partial charge in [0.1, 0.15) is 0 Å². The predicted octanol–water partition coefficient (Wildman–Crippen LogP) is 2.86. The van der Waals surface area contributed by atoms with Crippen LogP contribution >= 0.6 is 23.4 Å². The minimum atomic E-state index is -0.257. The van der Waals surface area contributed by atoms with Crippen LogP contribution in [0.15, 0.2) is 29.4 Å². The molecule has 8 heteroatoms. The Morgan fingerprint density at radius 3 is 2.74 bits per heavy atom. The first kappa shape index (κ1) is 16.3. The minimum Gasteiger partial charge on any atom is -0.352 e. The van der Waals surface area contributed by atoms with Crippen molar-refractivity contribution in [1.29, 1.82) is 0 Å². The van der Waals surface area contributed by atoms with Crippen molar-refractivity contribution in [3.05, 3.63) is 29.3 Å². The van der Waals surface area contributed by atoms with E-state index in [1.807, 2.05) is 19.1 Å². The molecule has 1 N–H and O–H groups in total. The zero-order valence-corrected chi connectivity index (χ0v) is 14.3. The summed E-state index contributed by atoms with van der Waals surface area (Å²) in [6.07, 6.45) is 4.54. The van der Waals surface area contributed by atoms with Crippen molar-refractivity contribution in [3.63, 3.8) is 0 Å². The second-order valence-electron chi connectivity index (χ2n) is 5.60. The highest BCUT2D eigenvalue weighted by Gasteiger charge is 2.23. The third-order valence-electron chi connectivity index (χ3n) is 3.87. The maximum Gasteiger partial charge on any atom is 0.233 e. The van der Waals surface area contributed by atoms with Crippen LogP contribution in [0.25, 0.3) is 5.69 Å². The first-order valence-corrected chi connectivity index (χ1v) is 8.90. The van der Waals surface area contributed by atoms with Crippen LogP contribution < -0.4 is 5.32 Å². The molecule has 3 rings (SSSR count). The standard InChI is InChI=1S/C15H18ClN5OS/c1-10(14(22)17-12-4-2-3-5-12)23-15-18-19-20-21(15)13-8-6-11(16)7-9-13/h6-10,12H,2-5H2,1H3,(H,17,22)/t10-/m1/s1. The number of nitrogens with one attached hydrogen (secondary N) is 1. The molecule has 0 aliphatic heterocycles. The number of hydrogen-bond donors (Lipinski definition) is 1. The normalized spacial score (nSPS) is 16.4. The van der Waals surface area contributed by atoms with Gasteiger partial charge in [0, 0.05) is 11.1 Å². The van der Waals surface area contributed by atoms with Gasteiger partial charge in [0.05, 0.1) is 10.9 Å². The van der Waals surface area contributed by atoms with E-state index in [1.54, 1.807) is 16.8 Å². The molecule has 1 atom stereocenters. The quantitative estimate of drug-likeness (QED) is 0.838. The van der Waals surface area contributed by atoms with Crippen molar-refractivity contribution in [2.24, 2.45) is 0 Å². The number of hydrogen-bond acceptors (Lipinski definition) is 5. The highest BCUT2D eigenvalue weighted by atomic mass is 35.5. The first-order chi connectivity index (χ1) is 11.1. The van der Waals surface area contributed by atoms with E-state index in [2.05, 4.69) is 20.8 Å². The minimum absolute atomic E-state index is 0.0348. The third kappa shape index (κ3) is 4.03. The zero-order chi connectivity index (χ0) is 16.2. The molecular weight excluding hydrogens is 334 g/mol. The molecule has 1 aromatic carbocycles. The lowest BCUT2D eigenvalue weighted by molar-refractivity contribution is -0.120. The van der Waals surface area contributed by atoms with E-state index < -0.39 is 0 Å². The molecule has 0 unspecified atom stereocenters. The largest absolute Gasteiger partial charge is 0.352 e. The number of tetrazole rings is 1. The number of halogens is 1. The van der Waals surface area contributed by atoms with Crippen LogP contribution in [-0.4, -0.2) is 37.4 Å². The van der Waals surface area contributed by atoms with Crippen molar-refractivity contribution < 1.29 is 4.79 Å². The average Bonchev–Trinajstić information content (AvgIpc) is 3.20. The van der Waals surface area contributed by atoms with E-state index in [-0.39, 0.29) is 11.2 Å². The van der Waals surface area contributed by atoms with Gasteiger partial charge < -0.3 is 5.32 Å². The summed E-state index contributed by atoms with van der Waals surface area (Å²) < 4.78 is 1.61. The van der Waals surface area contributed by atoms with Crippen molar-refractivity contribution >= 4 is 29.3 Å². The van der Waals surface area contributed by atoms with Crippen LogP contribution in [0.2, 0.25) is 5.02 Å². The van der Waals surface area contributed by atoms with Crippen molar-refractivity contribution in [2.75, 3.05) is 0 Å². The number of aromatic nitrogens is 4. The topological polar surface area (TPSA) is 72.7 Å². The molecule has 23 heavy (non-hydrogen) atoms. The predicted molar refractivity (Wildman–Crippen MR) is 89.9 cm³/mol. The highest BCUT2D eigenvalue weighted by Crippen LogP contribution is 2.24. The monoisotopic (exact) mass is 351 g/mol. The maximum absolute atomic E-state index is 12.3. The van der Waals surface area contributed by atoms with Gasteiger partial charge in [-0.15, -0.1) is 5.10 Å². The fourth-order valence-electron chi connectivity index (χ4n) is 2.60. The van der Waals surface area contributed by atoms with E-state index in [9.17, 15) is 4.79 Å². The van der Waals surface area contributed by atoms with E-state index in [4.69, 9.17) is 11.6 Å². The van der Waals surface area contributed by atoms with Gasteiger partial charge in [0.25, 0.3) is 0 Å². The van der Waals surface area contributed by atoms with Crippen LogP contribution in [0.3, 0.4) is 0 Å². The van der Waals surface area contributed by atoms with Crippen molar-refractivity contribution in [3.8, 4) is 5.69 Å². The van der Waals surface area contributed by atoms with Gasteiger partial charge in [0.2, 0.25) is 11.1 Å². The Labute approximate surface area is 144 Å². The Bertz CT molecular complexity index is 669. The van der Waals surface area contributed by atoms with E-state index >= 15 is 0 Å². The number of carbonyl (C=O) groups is 1. The zero-order valence-electron chi connectivity index (χ0n) is 12.8. The molecule has 1 aliphatic rings. The van der Waals surface area contributed by atoms with E-state index in [0.717, 1.165) is 18.5 Å². The lowest BCUT2D eigenvalue weighted by Gasteiger charge is -2.15. The van der Waals surface area contributed by atoms with Gasteiger partial charge in [-0.25, -0.2) is 0 Å². The van der Waals surface area contributed by atoms with Crippen LogP contribution in [0.4, 0.5) is 0 Å². The summed E-state index contributed by atoms with van der Waals surface area (Å²) in [5.74, 6) is 0.0348. The lowest BCUT2D eigenvalue weighted by atomic mass is 10.2. The van der Waals surface area contributed by atoms with E-state index in [0.29, 0.717) is 16.2 Å². The summed E-state index contributed by atoms with van der Waals surface area (Å²) in [5.41, 5.74) is 0.810. The van der Waals surface area contributed by atoms with Gasteiger partial charge in [0.15, 0.2) is 0 Å². The average molecular weight is 352 g/mol. The Hall–Kier alpha value is -1.60. The Kier molecular flexibility index (Phi) is 5.17. The molecular formula is C15H18ClN5OS. The number of benzene rings is 1. The molecule has 1 aliphatic carbocycles. The number of nitrogens with zero attached hydrogens (tertiary/aromatic N) is 4. The van der Waals surface area contributed by atoms with Gasteiger partial charge in [-0.1, -0.05) is 36.2 Å². The summed E-state index contributed by atoms with van der Waals surface area (Å²) in [5, 5.41) is 15.8. The van der Waals surface area contributed by atoms with Crippen LogP contribution in [0.1, 0.15) is 32.6 Å². The molecule has 0 spiro atoms. The molecule has 1 saturated carbocycles. The van der Waals surface area contributed by atoms with Crippen molar-refractivity contribution in [1.82, 2.24) is 25.5 Å². The molecule has 1 fully saturated rings. The molecule has 0 saturated heterocycles. The first-order valence-electron chi connectivity index (χ1n) is 7.65. The molecule has 2 aromatic rings. The summed E-state index contributed by atoms with van der Waals surface area (Å²) in [6, 6.07) is 7.56. The Balaban J connectivity index is 1.67. The second kappa shape index (κ2) is 7.31. The molecule has 0 radical (unpaired) electrons. The summed E-state index contributed by atoms with van der Waals surface area (Å²) in [7, 11) is 0. The Morgan fingerprint density at radius 2 is 2.04 bits per heavy atom. The maximum atomic E-state index is 12.3.